The highest BCUT2D eigenvalue weighted by Crippen LogP contribution is 2.21. The standard InChI is InChI=1S/C18H25N5O2/c1-18(2,3)17-20-19-14-8-7-13(12-23(14)17)16(25)21(4)10-11-22-9-5-6-15(22)24/h7-8,12H,5-6,9-11H2,1-4H3. The number of aromatic nitrogens is 3. The lowest BCUT2D eigenvalue weighted by Crippen LogP contribution is -2.37. The third-order valence-electron chi connectivity index (χ3n) is 4.54. The topological polar surface area (TPSA) is 70.8 Å². The molecule has 0 atom stereocenters. The van der Waals surface area contributed by atoms with E-state index in [1.807, 2.05) is 15.4 Å². The van der Waals surface area contributed by atoms with Crippen LogP contribution in [0.3, 0.4) is 0 Å². The Hall–Kier alpha value is -2.44. The second-order valence-corrected chi connectivity index (χ2v) is 7.63. The van der Waals surface area contributed by atoms with E-state index < -0.39 is 0 Å². The van der Waals surface area contributed by atoms with Crippen molar-refractivity contribution >= 4 is 17.5 Å². The summed E-state index contributed by atoms with van der Waals surface area (Å²) < 4.78 is 1.88. The summed E-state index contributed by atoms with van der Waals surface area (Å²) in [4.78, 5) is 27.9. The molecular weight excluding hydrogens is 318 g/mol. The molecule has 2 amide bonds. The van der Waals surface area contributed by atoms with Crippen LogP contribution in [0.15, 0.2) is 18.3 Å². The number of rotatable bonds is 4. The van der Waals surface area contributed by atoms with Gasteiger partial charge in [0.05, 0.1) is 5.56 Å². The minimum atomic E-state index is -0.164. The molecule has 134 valence electrons. The molecule has 2 aromatic heterocycles. The predicted octanol–water partition coefficient (Wildman–Crippen LogP) is 1.72. The maximum atomic E-state index is 12.7. The summed E-state index contributed by atoms with van der Waals surface area (Å²) >= 11 is 0. The lowest BCUT2D eigenvalue weighted by atomic mass is 9.96. The van der Waals surface area contributed by atoms with Gasteiger partial charge in [0, 0.05) is 44.7 Å². The maximum absolute atomic E-state index is 12.7. The summed E-state index contributed by atoms with van der Waals surface area (Å²) in [5, 5.41) is 8.42. The zero-order chi connectivity index (χ0) is 18.2. The van der Waals surface area contributed by atoms with Crippen molar-refractivity contribution in [2.45, 2.75) is 39.0 Å². The monoisotopic (exact) mass is 343 g/mol. The van der Waals surface area contributed by atoms with E-state index in [9.17, 15) is 9.59 Å². The Morgan fingerprint density at radius 2 is 2.04 bits per heavy atom. The molecule has 1 aliphatic heterocycles. The Balaban J connectivity index is 1.76. The molecular formula is C18H25N5O2. The molecule has 0 aliphatic carbocycles. The number of pyridine rings is 1. The zero-order valence-corrected chi connectivity index (χ0v) is 15.3. The summed E-state index contributed by atoms with van der Waals surface area (Å²) in [6.45, 7) is 8.11. The highest BCUT2D eigenvalue weighted by atomic mass is 16.2. The third-order valence-corrected chi connectivity index (χ3v) is 4.54. The normalized spacial score (nSPS) is 15.2. The van der Waals surface area contributed by atoms with Crippen molar-refractivity contribution in [1.82, 2.24) is 24.4 Å². The second-order valence-electron chi connectivity index (χ2n) is 7.63. The molecule has 25 heavy (non-hydrogen) atoms. The van der Waals surface area contributed by atoms with Crippen LogP contribution in [-0.4, -0.2) is 62.9 Å². The van der Waals surface area contributed by atoms with Gasteiger partial charge in [-0.05, 0) is 18.6 Å². The lowest BCUT2D eigenvalue weighted by molar-refractivity contribution is -0.127. The van der Waals surface area contributed by atoms with Gasteiger partial charge in [0.15, 0.2) is 5.65 Å². The highest BCUT2D eigenvalue weighted by Gasteiger charge is 2.23. The van der Waals surface area contributed by atoms with Gasteiger partial charge in [0.25, 0.3) is 5.91 Å². The van der Waals surface area contributed by atoms with Gasteiger partial charge in [0.2, 0.25) is 5.91 Å². The molecule has 7 heteroatoms. The Morgan fingerprint density at radius 1 is 1.28 bits per heavy atom. The van der Waals surface area contributed by atoms with E-state index in [1.54, 1.807) is 24.2 Å². The molecule has 0 spiro atoms. The minimum Gasteiger partial charge on any atom is -0.341 e. The molecule has 0 saturated carbocycles. The average molecular weight is 343 g/mol. The van der Waals surface area contributed by atoms with Gasteiger partial charge in [-0.2, -0.15) is 0 Å². The van der Waals surface area contributed by atoms with Crippen molar-refractivity contribution in [3.05, 3.63) is 29.7 Å². The van der Waals surface area contributed by atoms with Crippen LogP contribution >= 0.6 is 0 Å². The van der Waals surface area contributed by atoms with Gasteiger partial charge in [-0.25, -0.2) is 0 Å². The molecule has 3 heterocycles. The molecule has 3 rings (SSSR count). The second kappa shape index (κ2) is 6.46. The fourth-order valence-corrected chi connectivity index (χ4v) is 3.06. The van der Waals surface area contributed by atoms with Gasteiger partial charge < -0.3 is 9.80 Å². The van der Waals surface area contributed by atoms with Crippen LogP contribution in [0.5, 0.6) is 0 Å². The molecule has 1 fully saturated rings. The highest BCUT2D eigenvalue weighted by molar-refractivity contribution is 5.94. The zero-order valence-electron chi connectivity index (χ0n) is 15.3. The van der Waals surface area contributed by atoms with Crippen molar-refractivity contribution in [2.24, 2.45) is 0 Å². The van der Waals surface area contributed by atoms with E-state index in [2.05, 4.69) is 31.0 Å². The first-order valence-corrected chi connectivity index (χ1v) is 8.66. The number of carbonyl (C=O) groups excluding carboxylic acids is 2. The van der Waals surface area contributed by atoms with E-state index in [0.717, 1.165) is 24.4 Å². The van der Waals surface area contributed by atoms with Gasteiger partial charge in [-0.3, -0.25) is 14.0 Å². The quantitative estimate of drug-likeness (QED) is 0.847. The van der Waals surface area contributed by atoms with Gasteiger partial charge >= 0.3 is 0 Å². The molecule has 0 aromatic carbocycles. The van der Waals surface area contributed by atoms with Gasteiger partial charge in [0.1, 0.15) is 5.82 Å². The van der Waals surface area contributed by atoms with Crippen LogP contribution in [-0.2, 0) is 10.2 Å². The number of fused-ring (bicyclic) bond motifs is 1. The molecule has 7 nitrogen and oxygen atoms in total. The van der Waals surface area contributed by atoms with E-state index in [0.29, 0.717) is 25.1 Å². The Kier molecular flexibility index (Phi) is 4.49. The molecule has 1 aliphatic rings. The molecule has 0 N–H and O–H groups in total. The Labute approximate surface area is 147 Å². The molecule has 0 radical (unpaired) electrons. The summed E-state index contributed by atoms with van der Waals surface area (Å²) in [5.74, 6) is 0.936. The van der Waals surface area contributed by atoms with Crippen molar-refractivity contribution in [2.75, 3.05) is 26.7 Å². The Bertz CT molecular complexity index is 805. The predicted molar refractivity (Wildman–Crippen MR) is 94.5 cm³/mol. The Morgan fingerprint density at radius 3 is 2.68 bits per heavy atom. The molecule has 2 aromatic rings. The number of likely N-dealkylation sites (N-methyl/N-ethyl adjacent to an activating group) is 1. The molecule has 0 bridgehead atoms. The SMILES string of the molecule is CN(CCN1CCCC1=O)C(=O)c1ccc2nnc(C(C)(C)C)n2c1. The first-order chi connectivity index (χ1) is 11.8. The average Bonchev–Trinajstić information content (AvgIpc) is 3.16. The summed E-state index contributed by atoms with van der Waals surface area (Å²) in [7, 11) is 1.77. The number of likely N-dealkylation sites (tertiary alicyclic amines) is 1. The maximum Gasteiger partial charge on any atom is 0.255 e. The lowest BCUT2D eigenvalue weighted by Gasteiger charge is -2.22. The van der Waals surface area contributed by atoms with Crippen LogP contribution in [0, 0.1) is 0 Å². The van der Waals surface area contributed by atoms with Gasteiger partial charge in [-0.15, -0.1) is 10.2 Å². The minimum absolute atomic E-state index is 0.0675. The fourth-order valence-electron chi connectivity index (χ4n) is 3.06. The smallest absolute Gasteiger partial charge is 0.255 e. The summed E-state index contributed by atoms with van der Waals surface area (Å²) in [6.07, 6.45) is 3.34. The first-order valence-electron chi connectivity index (χ1n) is 8.66. The van der Waals surface area contributed by atoms with Crippen molar-refractivity contribution < 1.29 is 9.59 Å². The fraction of sp³-hybridized carbons (Fsp3) is 0.556. The van der Waals surface area contributed by atoms with Crippen molar-refractivity contribution in [3.8, 4) is 0 Å². The van der Waals surface area contributed by atoms with E-state index in [4.69, 9.17) is 0 Å². The summed E-state index contributed by atoms with van der Waals surface area (Å²) in [6, 6.07) is 3.59. The van der Waals surface area contributed by atoms with Crippen molar-refractivity contribution in [1.29, 1.82) is 0 Å². The van der Waals surface area contributed by atoms with Gasteiger partial charge in [-0.1, -0.05) is 20.8 Å². The van der Waals surface area contributed by atoms with Crippen LogP contribution in [0.4, 0.5) is 0 Å². The number of amides is 2. The van der Waals surface area contributed by atoms with Crippen LogP contribution in [0.25, 0.3) is 5.65 Å². The number of carbonyl (C=O) groups is 2. The van der Waals surface area contributed by atoms with Crippen LogP contribution in [0.1, 0.15) is 49.8 Å². The number of hydrogen-bond acceptors (Lipinski definition) is 4. The van der Waals surface area contributed by atoms with Crippen LogP contribution < -0.4 is 0 Å². The molecule has 1 saturated heterocycles. The first kappa shape index (κ1) is 17.4. The molecule has 0 unspecified atom stereocenters. The third kappa shape index (κ3) is 3.50. The van der Waals surface area contributed by atoms with Crippen LogP contribution in [0.2, 0.25) is 0 Å². The van der Waals surface area contributed by atoms with E-state index in [1.165, 1.54) is 0 Å². The van der Waals surface area contributed by atoms with E-state index in [-0.39, 0.29) is 17.2 Å². The summed E-state index contributed by atoms with van der Waals surface area (Å²) in [5.41, 5.74) is 1.16. The largest absolute Gasteiger partial charge is 0.341 e. The van der Waals surface area contributed by atoms with Crippen molar-refractivity contribution in [3.63, 3.8) is 0 Å². The van der Waals surface area contributed by atoms with E-state index >= 15 is 0 Å². The number of nitrogens with zero attached hydrogens (tertiary/aromatic N) is 5. The number of hydrogen-bond donors (Lipinski definition) is 0.